The molecule has 1 aromatic heterocycles. The predicted molar refractivity (Wildman–Crippen MR) is 109 cm³/mol. The molecule has 0 unspecified atom stereocenters. The summed E-state index contributed by atoms with van der Waals surface area (Å²) in [7, 11) is 0. The second kappa shape index (κ2) is 7.27. The molecule has 0 aliphatic carbocycles. The second-order valence-electron chi connectivity index (χ2n) is 7.78. The molecular formula is C22H25N3O2. The van der Waals surface area contributed by atoms with Crippen LogP contribution in [0.4, 0.5) is 5.69 Å². The van der Waals surface area contributed by atoms with E-state index in [9.17, 15) is 9.59 Å². The van der Waals surface area contributed by atoms with Gasteiger partial charge in [0.05, 0.1) is 6.42 Å². The number of aromatic amines is 1. The Morgan fingerprint density at radius 3 is 2.33 bits per heavy atom. The van der Waals surface area contributed by atoms with E-state index in [0.29, 0.717) is 17.7 Å². The van der Waals surface area contributed by atoms with E-state index < -0.39 is 0 Å². The number of carbonyl (C=O) groups is 2. The third-order valence-electron chi connectivity index (χ3n) is 4.28. The lowest BCUT2D eigenvalue weighted by atomic mass is 10.1. The molecule has 0 radical (unpaired) electrons. The van der Waals surface area contributed by atoms with Crippen molar-refractivity contribution < 1.29 is 9.59 Å². The number of aromatic nitrogens is 1. The van der Waals surface area contributed by atoms with Crippen LogP contribution in [0.15, 0.2) is 48.5 Å². The van der Waals surface area contributed by atoms with E-state index in [1.54, 1.807) is 24.3 Å². The van der Waals surface area contributed by atoms with Crippen LogP contribution >= 0.6 is 0 Å². The van der Waals surface area contributed by atoms with Crippen molar-refractivity contribution in [1.29, 1.82) is 0 Å². The van der Waals surface area contributed by atoms with Crippen molar-refractivity contribution in [3.05, 3.63) is 65.4 Å². The fourth-order valence-electron chi connectivity index (χ4n) is 3.05. The SMILES string of the molecule is Cc1[nH]c2ccccc2c1CC(=O)Nc1ccc(C(=O)NC(C)(C)C)cc1. The van der Waals surface area contributed by atoms with Crippen LogP contribution in [-0.4, -0.2) is 22.3 Å². The molecule has 5 nitrogen and oxygen atoms in total. The standard InChI is InChI=1S/C22H25N3O2/c1-14-18(17-7-5-6-8-19(17)23-14)13-20(26)24-16-11-9-15(10-12-16)21(27)25-22(2,3)4/h5-12,23H,13H2,1-4H3,(H,24,26)(H,25,27). The number of rotatable bonds is 4. The smallest absolute Gasteiger partial charge is 0.251 e. The second-order valence-corrected chi connectivity index (χ2v) is 7.78. The Bertz CT molecular complexity index is 979. The first-order valence-corrected chi connectivity index (χ1v) is 9.01. The molecule has 0 spiro atoms. The summed E-state index contributed by atoms with van der Waals surface area (Å²) in [5, 5.41) is 6.89. The van der Waals surface area contributed by atoms with Crippen LogP contribution in [0.25, 0.3) is 10.9 Å². The van der Waals surface area contributed by atoms with Crippen molar-refractivity contribution in [1.82, 2.24) is 10.3 Å². The molecule has 0 aliphatic rings. The molecule has 0 aliphatic heterocycles. The van der Waals surface area contributed by atoms with Crippen molar-refractivity contribution in [2.24, 2.45) is 0 Å². The van der Waals surface area contributed by atoms with Crippen LogP contribution in [-0.2, 0) is 11.2 Å². The van der Waals surface area contributed by atoms with Crippen LogP contribution in [0.3, 0.4) is 0 Å². The van der Waals surface area contributed by atoms with E-state index in [0.717, 1.165) is 22.2 Å². The molecule has 2 aromatic carbocycles. The number of aryl methyl sites for hydroxylation is 1. The van der Waals surface area contributed by atoms with Gasteiger partial charge in [-0.1, -0.05) is 18.2 Å². The molecular weight excluding hydrogens is 338 g/mol. The average molecular weight is 363 g/mol. The molecule has 1 heterocycles. The molecule has 5 heteroatoms. The molecule has 2 amide bonds. The first-order chi connectivity index (χ1) is 12.7. The van der Waals surface area contributed by atoms with Crippen molar-refractivity contribution in [2.75, 3.05) is 5.32 Å². The maximum atomic E-state index is 12.5. The summed E-state index contributed by atoms with van der Waals surface area (Å²) in [6.07, 6.45) is 0.294. The fraction of sp³-hybridized carbons (Fsp3) is 0.273. The van der Waals surface area contributed by atoms with Crippen LogP contribution in [0, 0.1) is 6.92 Å². The zero-order chi connectivity index (χ0) is 19.6. The summed E-state index contributed by atoms with van der Waals surface area (Å²) in [4.78, 5) is 28.0. The van der Waals surface area contributed by atoms with Crippen LogP contribution < -0.4 is 10.6 Å². The third-order valence-corrected chi connectivity index (χ3v) is 4.28. The first-order valence-electron chi connectivity index (χ1n) is 9.01. The molecule has 140 valence electrons. The lowest BCUT2D eigenvalue weighted by molar-refractivity contribution is -0.115. The number of carbonyl (C=O) groups excluding carboxylic acids is 2. The molecule has 0 saturated heterocycles. The third kappa shape index (κ3) is 4.56. The molecule has 3 aromatic rings. The summed E-state index contributed by atoms with van der Waals surface area (Å²) in [6.45, 7) is 7.79. The summed E-state index contributed by atoms with van der Waals surface area (Å²) < 4.78 is 0. The molecule has 0 saturated carbocycles. The predicted octanol–water partition coefficient (Wildman–Crippen LogP) is 4.19. The summed E-state index contributed by atoms with van der Waals surface area (Å²) in [5.74, 6) is -0.218. The van der Waals surface area contributed by atoms with E-state index in [1.165, 1.54) is 0 Å². The van der Waals surface area contributed by atoms with E-state index in [4.69, 9.17) is 0 Å². The van der Waals surface area contributed by atoms with Gasteiger partial charge in [0, 0.05) is 33.4 Å². The van der Waals surface area contributed by atoms with Crippen molar-refractivity contribution in [3.63, 3.8) is 0 Å². The zero-order valence-corrected chi connectivity index (χ0v) is 16.1. The van der Waals surface area contributed by atoms with Gasteiger partial charge in [0.2, 0.25) is 5.91 Å². The summed E-state index contributed by atoms with van der Waals surface area (Å²) in [5.41, 5.74) is 3.98. The zero-order valence-electron chi connectivity index (χ0n) is 16.1. The van der Waals surface area contributed by atoms with Gasteiger partial charge in [0.25, 0.3) is 5.91 Å². The van der Waals surface area contributed by atoms with Gasteiger partial charge in [0.15, 0.2) is 0 Å². The Morgan fingerprint density at radius 2 is 1.67 bits per heavy atom. The van der Waals surface area contributed by atoms with Gasteiger partial charge < -0.3 is 15.6 Å². The lowest BCUT2D eigenvalue weighted by Crippen LogP contribution is -2.40. The monoisotopic (exact) mass is 363 g/mol. The Labute approximate surface area is 159 Å². The van der Waals surface area contributed by atoms with Gasteiger partial charge in [-0.25, -0.2) is 0 Å². The normalized spacial score (nSPS) is 11.4. The van der Waals surface area contributed by atoms with Gasteiger partial charge in [0.1, 0.15) is 0 Å². The first kappa shape index (κ1) is 18.7. The summed E-state index contributed by atoms with van der Waals surface area (Å²) >= 11 is 0. The Morgan fingerprint density at radius 1 is 1.00 bits per heavy atom. The van der Waals surface area contributed by atoms with Crippen LogP contribution in [0.2, 0.25) is 0 Å². The molecule has 3 N–H and O–H groups in total. The van der Waals surface area contributed by atoms with Crippen molar-refractivity contribution >= 4 is 28.4 Å². The minimum atomic E-state index is -0.291. The van der Waals surface area contributed by atoms with E-state index in [2.05, 4.69) is 15.6 Å². The van der Waals surface area contributed by atoms with Crippen LogP contribution in [0.5, 0.6) is 0 Å². The lowest BCUT2D eigenvalue weighted by Gasteiger charge is -2.20. The van der Waals surface area contributed by atoms with Crippen molar-refractivity contribution in [2.45, 2.75) is 39.7 Å². The highest BCUT2D eigenvalue weighted by Gasteiger charge is 2.16. The van der Waals surface area contributed by atoms with Gasteiger partial charge in [-0.3, -0.25) is 9.59 Å². The minimum Gasteiger partial charge on any atom is -0.358 e. The largest absolute Gasteiger partial charge is 0.358 e. The quantitative estimate of drug-likeness (QED) is 0.650. The van der Waals surface area contributed by atoms with Gasteiger partial charge in [-0.15, -0.1) is 0 Å². The average Bonchev–Trinajstić information content (AvgIpc) is 2.89. The highest BCUT2D eigenvalue weighted by atomic mass is 16.2. The van der Waals surface area contributed by atoms with Crippen molar-refractivity contribution in [3.8, 4) is 0 Å². The number of nitrogens with one attached hydrogen (secondary N) is 3. The van der Waals surface area contributed by atoms with E-state index in [-0.39, 0.29) is 17.4 Å². The Hall–Kier alpha value is -3.08. The molecule has 0 atom stereocenters. The minimum absolute atomic E-state index is 0.0882. The molecule has 3 rings (SSSR count). The number of H-pyrrole nitrogens is 1. The number of hydrogen-bond acceptors (Lipinski definition) is 2. The Kier molecular flexibility index (Phi) is 5.04. The number of benzene rings is 2. The van der Waals surface area contributed by atoms with Gasteiger partial charge >= 0.3 is 0 Å². The van der Waals surface area contributed by atoms with Crippen LogP contribution in [0.1, 0.15) is 42.4 Å². The number of amides is 2. The maximum absolute atomic E-state index is 12.5. The molecule has 0 bridgehead atoms. The highest BCUT2D eigenvalue weighted by Crippen LogP contribution is 2.22. The topological polar surface area (TPSA) is 74.0 Å². The maximum Gasteiger partial charge on any atom is 0.251 e. The number of hydrogen-bond donors (Lipinski definition) is 3. The molecule has 0 fully saturated rings. The highest BCUT2D eigenvalue weighted by molar-refractivity contribution is 5.98. The Balaban J connectivity index is 1.67. The van der Waals surface area contributed by atoms with E-state index >= 15 is 0 Å². The number of para-hydroxylation sites is 1. The summed E-state index contributed by atoms with van der Waals surface area (Å²) in [6, 6.07) is 14.9. The number of fused-ring (bicyclic) bond motifs is 1. The van der Waals surface area contributed by atoms with E-state index in [1.807, 2.05) is 52.0 Å². The fourth-order valence-corrected chi connectivity index (χ4v) is 3.05. The number of anilines is 1. The van der Waals surface area contributed by atoms with Gasteiger partial charge in [-0.2, -0.15) is 0 Å². The molecule has 27 heavy (non-hydrogen) atoms. The van der Waals surface area contributed by atoms with Gasteiger partial charge in [-0.05, 0) is 63.6 Å².